The Bertz CT molecular complexity index is 585. The first kappa shape index (κ1) is 20.9. The van der Waals surface area contributed by atoms with Crippen LogP contribution in [-0.4, -0.2) is 57.6 Å². The summed E-state index contributed by atoms with van der Waals surface area (Å²) in [5.41, 5.74) is -3.75. The average molecular weight is 357 g/mol. The van der Waals surface area contributed by atoms with Crippen molar-refractivity contribution in [2.24, 2.45) is 5.41 Å². The van der Waals surface area contributed by atoms with Gasteiger partial charge in [-0.2, -0.15) is 0 Å². The molecule has 25 heavy (non-hydrogen) atoms. The maximum atomic E-state index is 12.6. The number of ketones is 1. The SMILES string of the molecule is CC(C)(C)OC(=O)N1CCC(=O)C(C)(C(=O)OC(C)(C)C)[C@@H]1C(=O)O. The maximum absolute atomic E-state index is 12.6. The summed E-state index contributed by atoms with van der Waals surface area (Å²) in [4.78, 5) is 50.3. The molecule has 1 aliphatic rings. The van der Waals surface area contributed by atoms with Crippen molar-refractivity contribution >= 4 is 23.8 Å². The zero-order valence-electron chi connectivity index (χ0n) is 15.8. The lowest BCUT2D eigenvalue weighted by Crippen LogP contribution is -2.65. The summed E-state index contributed by atoms with van der Waals surface area (Å²) >= 11 is 0. The van der Waals surface area contributed by atoms with Crippen LogP contribution in [0.5, 0.6) is 0 Å². The van der Waals surface area contributed by atoms with E-state index < -0.39 is 46.5 Å². The van der Waals surface area contributed by atoms with Crippen LogP contribution >= 0.6 is 0 Å². The molecule has 8 heteroatoms. The molecule has 0 saturated carbocycles. The lowest BCUT2D eigenvalue weighted by molar-refractivity contribution is -0.181. The molecule has 1 amide bonds. The van der Waals surface area contributed by atoms with E-state index in [2.05, 4.69) is 0 Å². The molecule has 1 unspecified atom stereocenters. The summed E-state index contributed by atoms with van der Waals surface area (Å²) in [6, 6.07) is -1.70. The van der Waals surface area contributed by atoms with E-state index in [9.17, 15) is 24.3 Å². The van der Waals surface area contributed by atoms with Crippen LogP contribution in [0, 0.1) is 5.41 Å². The van der Waals surface area contributed by atoms with E-state index in [1.165, 1.54) is 6.92 Å². The number of hydrogen-bond donors (Lipinski definition) is 1. The Labute approximate surface area is 147 Å². The quantitative estimate of drug-likeness (QED) is 0.594. The van der Waals surface area contributed by atoms with Gasteiger partial charge in [0.05, 0.1) is 0 Å². The Morgan fingerprint density at radius 2 is 1.56 bits per heavy atom. The van der Waals surface area contributed by atoms with E-state index in [1.54, 1.807) is 41.5 Å². The highest BCUT2D eigenvalue weighted by atomic mass is 16.6. The second kappa shape index (κ2) is 6.65. The van der Waals surface area contributed by atoms with Crippen LogP contribution < -0.4 is 0 Å². The summed E-state index contributed by atoms with van der Waals surface area (Å²) in [5, 5.41) is 9.65. The van der Waals surface area contributed by atoms with Crippen molar-refractivity contribution in [3.05, 3.63) is 0 Å². The lowest BCUT2D eigenvalue weighted by Gasteiger charge is -2.43. The molecule has 0 spiro atoms. The first-order valence-electron chi connectivity index (χ1n) is 8.09. The number of ether oxygens (including phenoxy) is 2. The number of carboxylic acid groups (broad SMARTS) is 1. The van der Waals surface area contributed by atoms with Crippen molar-refractivity contribution in [3.8, 4) is 0 Å². The molecule has 1 fully saturated rings. The van der Waals surface area contributed by atoms with Gasteiger partial charge in [-0.25, -0.2) is 9.59 Å². The predicted octanol–water partition coefficient (Wildman–Crippen LogP) is 2.00. The third-order valence-corrected chi connectivity index (χ3v) is 3.70. The molecule has 142 valence electrons. The van der Waals surface area contributed by atoms with Gasteiger partial charge in [0.25, 0.3) is 0 Å². The normalized spacial score (nSPS) is 24.7. The molecule has 1 saturated heterocycles. The summed E-state index contributed by atoms with van der Waals surface area (Å²) in [7, 11) is 0. The molecule has 0 radical (unpaired) electrons. The lowest BCUT2D eigenvalue weighted by atomic mass is 9.73. The van der Waals surface area contributed by atoms with Crippen LogP contribution in [0.25, 0.3) is 0 Å². The van der Waals surface area contributed by atoms with Gasteiger partial charge >= 0.3 is 18.0 Å². The first-order valence-corrected chi connectivity index (χ1v) is 8.09. The van der Waals surface area contributed by atoms with Crippen LogP contribution in [-0.2, 0) is 23.9 Å². The Kier molecular flexibility index (Phi) is 5.56. The molecular formula is C17H27NO7. The Hall–Kier alpha value is -2.12. The number of carbonyl (C=O) groups excluding carboxylic acids is 3. The number of esters is 1. The number of Topliss-reactive ketones (excluding diaryl/α,β-unsaturated/α-hetero) is 1. The number of piperidine rings is 1. The largest absolute Gasteiger partial charge is 0.480 e. The van der Waals surface area contributed by atoms with Gasteiger partial charge in [-0.3, -0.25) is 14.5 Å². The van der Waals surface area contributed by atoms with Crippen LogP contribution in [0.1, 0.15) is 54.9 Å². The molecular weight excluding hydrogens is 330 g/mol. The maximum Gasteiger partial charge on any atom is 0.411 e. The number of rotatable bonds is 2. The number of likely N-dealkylation sites (tertiary alicyclic amines) is 1. The summed E-state index contributed by atoms with van der Waals surface area (Å²) < 4.78 is 10.5. The minimum atomic E-state index is -2.01. The zero-order chi connectivity index (χ0) is 19.8. The van der Waals surface area contributed by atoms with E-state index in [1.807, 2.05) is 0 Å². The highest BCUT2D eigenvalue weighted by Crippen LogP contribution is 2.36. The minimum Gasteiger partial charge on any atom is -0.480 e. The molecule has 1 N–H and O–H groups in total. The molecule has 0 aromatic heterocycles. The van der Waals surface area contributed by atoms with Gasteiger partial charge in [0, 0.05) is 13.0 Å². The van der Waals surface area contributed by atoms with Gasteiger partial charge in [0.1, 0.15) is 11.2 Å². The van der Waals surface area contributed by atoms with Gasteiger partial charge in [-0.15, -0.1) is 0 Å². The molecule has 8 nitrogen and oxygen atoms in total. The van der Waals surface area contributed by atoms with E-state index in [0.717, 1.165) is 4.90 Å². The predicted molar refractivity (Wildman–Crippen MR) is 87.9 cm³/mol. The van der Waals surface area contributed by atoms with Crippen LogP contribution in [0.4, 0.5) is 4.79 Å². The number of amides is 1. The molecule has 2 atom stereocenters. The minimum absolute atomic E-state index is 0.136. The topological polar surface area (TPSA) is 110 Å². The Morgan fingerprint density at radius 3 is 1.96 bits per heavy atom. The average Bonchev–Trinajstić information content (AvgIpc) is 2.36. The van der Waals surface area contributed by atoms with Crippen molar-refractivity contribution in [1.29, 1.82) is 0 Å². The summed E-state index contributed by atoms with van der Waals surface area (Å²) in [6.07, 6.45) is -1.04. The number of carboxylic acids is 1. The fourth-order valence-corrected chi connectivity index (χ4v) is 2.58. The Balaban J connectivity index is 3.29. The van der Waals surface area contributed by atoms with E-state index in [4.69, 9.17) is 9.47 Å². The second-order valence-corrected chi connectivity index (χ2v) is 8.29. The van der Waals surface area contributed by atoms with Crippen LogP contribution in [0.15, 0.2) is 0 Å². The van der Waals surface area contributed by atoms with Gasteiger partial charge in [0.2, 0.25) is 0 Å². The van der Waals surface area contributed by atoms with E-state index in [0.29, 0.717) is 0 Å². The zero-order valence-corrected chi connectivity index (χ0v) is 15.8. The Morgan fingerprint density at radius 1 is 1.08 bits per heavy atom. The third-order valence-electron chi connectivity index (χ3n) is 3.70. The van der Waals surface area contributed by atoms with Crippen molar-refractivity contribution in [1.82, 2.24) is 4.90 Å². The number of carbonyl (C=O) groups is 4. The fraction of sp³-hybridized carbons (Fsp3) is 0.765. The highest BCUT2D eigenvalue weighted by Gasteiger charge is 2.59. The standard InChI is InChI=1S/C17H27NO7/c1-15(2,3)24-13(22)17(7)10(19)8-9-18(11(17)12(20)21)14(23)25-16(4,5)6/h11H,8-9H2,1-7H3,(H,20,21)/t11-,17?/m0/s1. The molecule has 0 aromatic rings. The fourth-order valence-electron chi connectivity index (χ4n) is 2.58. The first-order chi connectivity index (χ1) is 11.1. The van der Waals surface area contributed by atoms with Gasteiger partial charge in [-0.1, -0.05) is 0 Å². The van der Waals surface area contributed by atoms with E-state index in [-0.39, 0.29) is 13.0 Å². The van der Waals surface area contributed by atoms with Crippen molar-refractivity contribution in [2.45, 2.75) is 72.1 Å². The molecule has 1 heterocycles. The smallest absolute Gasteiger partial charge is 0.411 e. The van der Waals surface area contributed by atoms with E-state index >= 15 is 0 Å². The van der Waals surface area contributed by atoms with Crippen LogP contribution in [0.2, 0.25) is 0 Å². The van der Waals surface area contributed by atoms with Gasteiger partial charge in [0.15, 0.2) is 17.2 Å². The van der Waals surface area contributed by atoms with Gasteiger partial charge < -0.3 is 14.6 Å². The second-order valence-electron chi connectivity index (χ2n) is 8.29. The van der Waals surface area contributed by atoms with Crippen LogP contribution in [0.3, 0.4) is 0 Å². The highest BCUT2D eigenvalue weighted by molar-refractivity contribution is 6.09. The third kappa shape index (κ3) is 4.70. The molecule has 1 rings (SSSR count). The van der Waals surface area contributed by atoms with Crippen molar-refractivity contribution < 1.29 is 33.8 Å². The van der Waals surface area contributed by atoms with Crippen molar-refractivity contribution in [2.75, 3.05) is 6.54 Å². The molecule has 0 aliphatic carbocycles. The number of nitrogens with zero attached hydrogens (tertiary/aromatic N) is 1. The number of hydrogen-bond acceptors (Lipinski definition) is 6. The van der Waals surface area contributed by atoms with Gasteiger partial charge in [-0.05, 0) is 48.5 Å². The molecule has 1 aliphatic heterocycles. The molecule has 0 bridgehead atoms. The molecule has 0 aromatic carbocycles. The number of aliphatic carboxylic acids is 1. The summed E-state index contributed by atoms with van der Waals surface area (Å²) in [5.74, 6) is -3.01. The monoisotopic (exact) mass is 357 g/mol. The van der Waals surface area contributed by atoms with Crippen molar-refractivity contribution in [3.63, 3.8) is 0 Å². The summed E-state index contributed by atoms with van der Waals surface area (Å²) in [6.45, 7) is 10.8.